The Morgan fingerprint density at radius 1 is 0.271 bits per heavy atom. The van der Waals surface area contributed by atoms with E-state index >= 15 is 0 Å². The summed E-state index contributed by atoms with van der Waals surface area (Å²) in [5, 5.41) is 0. The standard InChI is InChI=1S/C44H34N4/c1-5-13-37(14-6-1)45-33-35-21-25-41(26-22-35)47(39-17-9-3-10-18-39)43-29-31-44(32-30-43)48(40-19-11-4-12-20-40)42-27-23-36(24-28-42)34-46-38-15-7-2-8-16-38/h1-34H. The fraction of sp³-hybridized carbons (Fsp3) is 0. The lowest BCUT2D eigenvalue weighted by atomic mass is 10.1. The number of benzene rings is 7. The van der Waals surface area contributed by atoms with Crippen LogP contribution in [0, 0.1) is 0 Å². The van der Waals surface area contributed by atoms with Crippen LogP contribution in [0.5, 0.6) is 0 Å². The fourth-order valence-corrected chi connectivity index (χ4v) is 5.54. The summed E-state index contributed by atoms with van der Waals surface area (Å²) in [6.07, 6.45) is 3.81. The number of aliphatic imine (C=N–C) groups is 2. The molecule has 0 saturated heterocycles. The van der Waals surface area contributed by atoms with Gasteiger partial charge in [-0.15, -0.1) is 0 Å². The van der Waals surface area contributed by atoms with Crippen LogP contribution in [0.15, 0.2) is 204 Å². The van der Waals surface area contributed by atoms with Crippen molar-refractivity contribution < 1.29 is 0 Å². The van der Waals surface area contributed by atoms with Crippen molar-refractivity contribution >= 4 is 57.9 Å². The van der Waals surface area contributed by atoms with Gasteiger partial charge in [-0.05, 0) is 108 Å². The van der Waals surface area contributed by atoms with Crippen LogP contribution in [0.25, 0.3) is 0 Å². The molecule has 48 heavy (non-hydrogen) atoms. The molecule has 0 aliphatic carbocycles. The van der Waals surface area contributed by atoms with Gasteiger partial charge in [0, 0.05) is 46.6 Å². The molecule has 0 radical (unpaired) electrons. The molecule has 0 N–H and O–H groups in total. The van der Waals surface area contributed by atoms with Crippen molar-refractivity contribution in [2.45, 2.75) is 0 Å². The minimum absolute atomic E-state index is 0.935. The molecule has 7 aromatic rings. The Morgan fingerprint density at radius 3 is 0.833 bits per heavy atom. The Morgan fingerprint density at radius 2 is 0.521 bits per heavy atom. The predicted octanol–water partition coefficient (Wildman–Crippen LogP) is 12.1. The molecule has 7 rings (SSSR count). The number of para-hydroxylation sites is 4. The van der Waals surface area contributed by atoms with Crippen molar-refractivity contribution in [3.63, 3.8) is 0 Å². The molecular formula is C44H34N4. The highest BCUT2D eigenvalue weighted by molar-refractivity contribution is 5.86. The zero-order valence-electron chi connectivity index (χ0n) is 26.4. The van der Waals surface area contributed by atoms with Gasteiger partial charge in [-0.25, -0.2) is 0 Å². The number of hydrogen-bond donors (Lipinski definition) is 0. The molecule has 0 atom stereocenters. The molecule has 0 bridgehead atoms. The largest absolute Gasteiger partial charge is 0.311 e. The van der Waals surface area contributed by atoms with Gasteiger partial charge in [-0.1, -0.05) is 97.1 Å². The Kier molecular flexibility index (Phi) is 9.24. The average Bonchev–Trinajstić information content (AvgIpc) is 3.17. The molecule has 0 heterocycles. The molecule has 0 aliphatic heterocycles. The van der Waals surface area contributed by atoms with Crippen LogP contribution >= 0.6 is 0 Å². The van der Waals surface area contributed by atoms with Crippen LogP contribution in [-0.2, 0) is 0 Å². The van der Waals surface area contributed by atoms with E-state index in [0.29, 0.717) is 0 Å². The van der Waals surface area contributed by atoms with E-state index in [1.165, 1.54) is 0 Å². The summed E-state index contributed by atoms with van der Waals surface area (Å²) >= 11 is 0. The highest BCUT2D eigenvalue weighted by Crippen LogP contribution is 2.39. The van der Waals surface area contributed by atoms with Gasteiger partial charge in [0.2, 0.25) is 0 Å². The fourth-order valence-electron chi connectivity index (χ4n) is 5.54. The van der Waals surface area contributed by atoms with Crippen molar-refractivity contribution in [2.75, 3.05) is 9.80 Å². The first-order valence-electron chi connectivity index (χ1n) is 16.0. The Balaban J connectivity index is 1.18. The van der Waals surface area contributed by atoms with Gasteiger partial charge in [-0.2, -0.15) is 0 Å². The van der Waals surface area contributed by atoms with Gasteiger partial charge in [0.15, 0.2) is 0 Å². The predicted molar refractivity (Wildman–Crippen MR) is 203 cm³/mol. The van der Waals surface area contributed by atoms with Gasteiger partial charge in [0.25, 0.3) is 0 Å². The van der Waals surface area contributed by atoms with E-state index in [9.17, 15) is 0 Å². The maximum atomic E-state index is 4.62. The number of anilines is 6. The highest BCUT2D eigenvalue weighted by Gasteiger charge is 2.16. The van der Waals surface area contributed by atoms with Crippen LogP contribution in [0.4, 0.5) is 45.5 Å². The third kappa shape index (κ3) is 7.30. The van der Waals surface area contributed by atoms with Gasteiger partial charge < -0.3 is 9.80 Å². The molecular weight excluding hydrogens is 585 g/mol. The molecule has 0 aliphatic rings. The Hall–Kier alpha value is -6.52. The number of hydrogen-bond acceptors (Lipinski definition) is 4. The molecule has 4 heteroatoms. The molecule has 0 unspecified atom stereocenters. The maximum Gasteiger partial charge on any atom is 0.0629 e. The van der Waals surface area contributed by atoms with Crippen molar-refractivity contribution in [3.8, 4) is 0 Å². The summed E-state index contributed by atoms with van der Waals surface area (Å²) in [4.78, 5) is 13.8. The first-order chi connectivity index (χ1) is 23.8. The Labute approximate surface area is 282 Å². The van der Waals surface area contributed by atoms with Gasteiger partial charge in [-0.3, -0.25) is 9.98 Å². The van der Waals surface area contributed by atoms with Crippen molar-refractivity contribution in [3.05, 3.63) is 205 Å². The molecule has 0 spiro atoms. The molecule has 0 fully saturated rings. The minimum atomic E-state index is 0.935. The average molecular weight is 619 g/mol. The van der Waals surface area contributed by atoms with Crippen LogP contribution < -0.4 is 9.80 Å². The van der Waals surface area contributed by atoms with Gasteiger partial charge in [0.05, 0.1) is 11.4 Å². The zero-order valence-corrected chi connectivity index (χ0v) is 26.4. The normalized spacial score (nSPS) is 11.2. The SMILES string of the molecule is C(=Nc1ccccc1)c1ccc(N(c2ccccc2)c2ccc(N(c3ccccc3)c3ccc(C=Nc4ccccc4)cc3)cc2)cc1. The summed E-state index contributed by atoms with van der Waals surface area (Å²) in [7, 11) is 0. The van der Waals surface area contributed by atoms with E-state index in [-0.39, 0.29) is 0 Å². The van der Waals surface area contributed by atoms with Gasteiger partial charge in [0.1, 0.15) is 0 Å². The van der Waals surface area contributed by atoms with Crippen LogP contribution in [0.3, 0.4) is 0 Å². The van der Waals surface area contributed by atoms with E-state index in [2.05, 4.69) is 141 Å². The molecule has 0 saturated carbocycles. The number of nitrogens with zero attached hydrogens (tertiary/aromatic N) is 4. The monoisotopic (exact) mass is 618 g/mol. The van der Waals surface area contributed by atoms with Crippen molar-refractivity contribution in [1.29, 1.82) is 0 Å². The summed E-state index contributed by atoms with van der Waals surface area (Å²) in [6, 6.07) is 66.7. The topological polar surface area (TPSA) is 31.2 Å². The summed E-state index contributed by atoms with van der Waals surface area (Å²) in [5.41, 5.74) is 10.4. The maximum absolute atomic E-state index is 4.62. The van der Waals surface area contributed by atoms with Crippen LogP contribution in [-0.4, -0.2) is 12.4 Å². The van der Waals surface area contributed by atoms with Gasteiger partial charge >= 0.3 is 0 Å². The molecule has 230 valence electrons. The van der Waals surface area contributed by atoms with E-state index in [4.69, 9.17) is 0 Å². The second kappa shape index (κ2) is 14.7. The van der Waals surface area contributed by atoms with E-state index in [1.54, 1.807) is 0 Å². The third-order valence-electron chi connectivity index (χ3n) is 7.94. The van der Waals surface area contributed by atoms with E-state index < -0.39 is 0 Å². The van der Waals surface area contributed by atoms with Crippen molar-refractivity contribution in [1.82, 2.24) is 0 Å². The lowest BCUT2D eigenvalue weighted by molar-refractivity contribution is 1.25. The lowest BCUT2D eigenvalue weighted by Gasteiger charge is -2.28. The second-order valence-corrected chi connectivity index (χ2v) is 11.2. The van der Waals surface area contributed by atoms with Crippen LogP contribution in [0.2, 0.25) is 0 Å². The minimum Gasteiger partial charge on any atom is -0.311 e. The van der Waals surface area contributed by atoms with E-state index in [1.807, 2.05) is 85.2 Å². The molecule has 4 nitrogen and oxygen atoms in total. The molecule has 0 aromatic heterocycles. The summed E-state index contributed by atoms with van der Waals surface area (Å²) < 4.78 is 0. The second-order valence-electron chi connectivity index (χ2n) is 11.2. The highest BCUT2D eigenvalue weighted by atomic mass is 15.2. The summed E-state index contributed by atoms with van der Waals surface area (Å²) in [6.45, 7) is 0. The summed E-state index contributed by atoms with van der Waals surface area (Å²) in [5.74, 6) is 0. The van der Waals surface area contributed by atoms with Crippen LogP contribution in [0.1, 0.15) is 11.1 Å². The first kappa shape index (κ1) is 30.2. The molecule has 0 amide bonds. The molecule has 7 aromatic carbocycles. The zero-order chi connectivity index (χ0) is 32.4. The first-order valence-corrected chi connectivity index (χ1v) is 16.0. The quantitative estimate of drug-likeness (QED) is 0.143. The third-order valence-corrected chi connectivity index (χ3v) is 7.94. The van der Waals surface area contributed by atoms with E-state index in [0.717, 1.165) is 56.6 Å². The lowest BCUT2D eigenvalue weighted by Crippen LogP contribution is -2.12. The smallest absolute Gasteiger partial charge is 0.0629 e. The van der Waals surface area contributed by atoms with Crippen molar-refractivity contribution in [2.24, 2.45) is 9.98 Å². The number of rotatable bonds is 10. The Bertz CT molecular complexity index is 1920.